The first-order chi connectivity index (χ1) is 12.6. The predicted octanol–water partition coefficient (Wildman–Crippen LogP) is 5.80. The van der Waals surface area contributed by atoms with Crippen molar-refractivity contribution < 1.29 is 9.84 Å². The highest BCUT2D eigenvalue weighted by atomic mass is 16.5. The van der Waals surface area contributed by atoms with Crippen LogP contribution in [0.3, 0.4) is 0 Å². The maximum Gasteiger partial charge on any atom is 0.113 e. The van der Waals surface area contributed by atoms with Gasteiger partial charge in [0.15, 0.2) is 0 Å². The molecule has 134 valence electrons. The summed E-state index contributed by atoms with van der Waals surface area (Å²) in [5.41, 5.74) is 4.26. The Labute approximate surface area is 156 Å². The second-order valence-corrected chi connectivity index (χ2v) is 6.89. The van der Waals surface area contributed by atoms with Gasteiger partial charge in [-0.15, -0.1) is 0 Å². The van der Waals surface area contributed by atoms with Crippen LogP contribution in [0.25, 0.3) is 0 Å². The van der Waals surface area contributed by atoms with Crippen LogP contribution in [-0.4, -0.2) is 5.11 Å². The molecule has 0 aliphatic heterocycles. The highest BCUT2D eigenvalue weighted by Crippen LogP contribution is 2.32. The normalized spacial score (nSPS) is 13.5. The molecule has 0 heterocycles. The van der Waals surface area contributed by atoms with Gasteiger partial charge in [0, 0.05) is 0 Å². The van der Waals surface area contributed by atoms with Gasteiger partial charge in [-0.2, -0.15) is 0 Å². The van der Waals surface area contributed by atoms with Gasteiger partial charge in [0.2, 0.25) is 0 Å². The first kappa shape index (κ1) is 18.4. The van der Waals surface area contributed by atoms with Crippen LogP contribution < -0.4 is 0 Å². The summed E-state index contributed by atoms with van der Waals surface area (Å²) in [5.74, 6) is 0.516. The molecule has 2 nitrogen and oxygen atoms in total. The SMILES string of the molecule is CC(C)c1ccc(CO[C@H](c2ccccc2)[C@H](O)c2ccccc2)cc1. The summed E-state index contributed by atoms with van der Waals surface area (Å²) < 4.78 is 6.18. The van der Waals surface area contributed by atoms with Gasteiger partial charge < -0.3 is 9.84 Å². The van der Waals surface area contributed by atoms with E-state index in [1.54, 1.807) is 0 Å². The number of aliphatic hydroxyl groups is 1. The average Bonchev–Trinajstić information content (AvgIpc) is 2.70. The molecule has 2 heteroatoms. The molecule has 1 N–H and O–H groups in total. The largest absolute Gasteiger partial charge is 0.385 e. The molecule has 0 radical (unpaired) electrons. The standard InChI is InChI=1S/C24H26O2/c1-18(2)20-15-13-19(14-16-20)17-26-24(22-11-7-4-8-12-22)23(25)21-9-5-3-6-10-21/h3-16,18,23-25H,17H2,1-2H3/t23-,24-/m1/s1. The van der Waals surface area contributed by atoms with Crippen molar-refractivity contribution in [2.45, 2.75) is 38.6 Å². The lowest BCUT2D eigenvalue weighted by Crippen LogP contribution is -2.14. The molecule has 0 amide bonds. The van der Waals surface area contributed by atoms with Crippen molar-refractivity contribution in [2.24, 2.45) is 0 Å². The van der Waals surface area contributed by atoms with Crippen molar-refractivity contribution in [3.05, 3.63) is 107 Å². The predicted molar refractivity (Wildman–Crippen MR) is 106 cm³/mol. The number of aliphatic hydroxyl groups excluding tert-OH is 1. The van der Waals surface area contributed by atoms with Gasteiger partial charge in [0.25, 0.3) is 0 Å². The van der Waals surface area contributed by atoms with Gasteiger partial charge in [-0.3, -0.25) is 0 Å². The smallest absolute Gasteiger partial charge is 0.113 e. The Kier molecular flexibility index (Phi) is 6.21. The highest BCUT2D eigenvalue weighted by molar-refractivity contribution is 5.26. The van der Waals surface area contributed by atoms with Crippen LogP contribution in [0, 0.1) is 0 Å². The van der Waals surface area contributed by atoms with Crippen molar-refractivity contribution in [3.63, 3.8) is 0 Å². The molecule has 0 aromatic heterocycles. The van der Waals surface area contributed by atoms with Crippen molar-refractivity contribution in [1.29, 1.82) is 0 Å². The highest BCUT2D eigenvalue weighted by Gasteiger charge is 2.23. The molecule has 0 saturated heterocycles. The summed E-state index contributed by atoms with van der Waals surface area (Å²) in [5, 5.41) is 10.9. The van der Waals surface area contributed by atoms with Crippen LogP contribution in [0.4, 0.5) is 0 Å². The van der Waals surface area contributed by atoms with Crippen molar-refractivity contribution in [2.75, 3.05) is 0 Å². The number of hydrogen-bond donors (Lipinski definition) is 1. The summed E-state index contributed by atoms with van der Waals surface area (Å²) >= 11 is 0. The van der Waals surface area contributed by atoms with E-state index in [4.69, 9.17) is 4.74 Å². The third-order valence-corrected chi connectivity index (χ3v) is 4.63. The minimum absolute atomic E-state index is 0.414. The van der Waals surface area contributed by atoms with Crippen LogP contribution >= 0.6 is 0 Å². The maximum atomic E-state index is 10.9. The van der Waals surface area contributed by atoms with E-state index in [0.29, 0.717) is 12.5 Å². The van der Waals surface area contributed by atoms with Gasteiger partial charge in [-0.05, 0) is 28.2 Å². The number of benzene rings is 3. The van der Waals surface area contributed by atoms with E-state index in [-0.39, 0.29) is 0 Å². The Hall–Kier alpha value is -2.42. The van der Waals surface area contributed by atoms with E-state index < -0.39 is 12.2 Å². The molecule has 0 aliphatic rings. The minimum Gasteiger partial charge on any atom is -0.385 e. The second-order valence-electron chi connectivity index (χ2n) is 6.89. The Bertz CT molecular complexity index is 779. The molecule has 2 atom stereocenters. The Morgan fingerprint density at radius 1 is 0.692 bits per heavy atom. The average molecular weight is 346 g/mol. The molecule has 3 rings (SSSR count). The molecule has 26 heavy (non-hydrogen) atoms. The molecular formula is C24H26O2. The molecule has 0 aliphatic carbocycles. The zero-order valence-electron chi connectivity index (χ0n) is 15.4. The van der Waals surface area contributed by atoms with Crippen LogP contribution in [-0.2, 0) is 11.3 Å². The molecule has 3 aromatic rings. The van der Waals surface area contributed by atoms with Gasteiger partial charge in [-0.25, -0.2) is 0 Å². The fraction of sp³-hybridized carbons (Fsp3) is 0.250. The van der Waals surface area contributed by atoms with E-state index in [0.717, 1.165) is 16.7 Å². The number of rotatable bonds is 7. The lowest BCUT2D eigenvalue weighted by Gasteiger charge is -2.24. The van der Waals surface area contributed by atoms with E-state index >= 15 is 0 Å². The molecule has 0 saturated carbocycles. The molecule has 0 unspecified atom stereocenters. The van der Waals surface area contributed by atoms with E-state index in [1.165, 1.54) is 5.56 Å². The first-order valence-corrected chi connectivity index (χ1v) is 9.13. The van der Waals surface area contributed by atoms with E-state index in [9.17, 15) is 5.11 Å². The van der Waals surface area contributed by atoms with Crippen molar-refractivity contribution in [3.8, 4) is 0 Å². The zero-order chi connectivity index (χ0) is 18.4. The Morgan fingerprint density at radius 3 is 1.77 bits per heavy atom. The molecule has 0 bridgehead atoms. The van der Waals surface area contributed by atoms with Crippen molar-refractivity contribution in [1.82, 2.24) is 0 Å². The maximum absolute atomic E-state index is 10.9. The van der Waals surface area contributed by atoms with Crippen LogP contribution in [0.5, 0.6) is 0 Å². The fourth-order valence-corrected chi connectivity index (χ4v) is 3.02. The van der Waals surface area contributed by atoms with Crippen molar-refractivity contribution >= 4 is 0 Å². The topological polar surface area (TPSA) is 29.5 Å². The van der Waals surface area contributed by atoms with Gasteiger partial charge in [0.1, 0.15) is 12.2 Å². The molecule has 0 fully saturated rings. The zero-order valence-corrected chi connectivity index (χ0v) is 15.4. The quantitative estimate of drug-likeness (QED) is 0.586. The number of hydrogen-bond acceptors (Lipinski definition) is 2. The minimum atomic E-state index is -0.714. The second kappa shape index (κ2) is 8.79. The summed E-state index contributed by atoms with van der Waals surface area (Å²) in [6.07, 6.45) is -1.13. The van der Waals surface area contributed by atoms with Gasteiger partial charge in [0.05, 0.1) is 6.61 Å². The van der Waals surface area contributed by atoms with Crippen LogP contribution in [0.2, 0.25) is 0 Å². The van der Waals surface area contributed by atoms with Crippen LogP contribution in [0.15, 0.2) is 84.9 Å². The number of ether oxygens (including phenoxy) is 1. The summed E-state index contributed by atoms with van der Waals surface area (Å²) in [7, 11) is 0. The summed E-state index contributed by atoms with van der Waals surface area (Å²) in [6.45, 7) is 4.84. The molecular weight excluding hydrogens is 320 g/mol. The Morgan fingerprint density at radius 2 is 1.23 bits per heavy atom. The molecule has 3 aromatic carbocycles. The van der Waals surface area contributed by atoms with E-state index in [1.807, 2.05) is 60.7 Å². The third-order valence-electron chi connectivity index (χ3n) is 4.63. The lowest BCUT2D eigenvalue weighted by molar-refractivity contribution is -0.0497. The monoisotopic (exact) mass is 346 g/mol. The molecule has 0 spiro atoms. The lowest BCUT2D eigenvalue weighted by atomic mass is 9.98. The van der Waals surface area contributed by atoms with E-state index in [2.05, 4.69) is 38.1 Å². The summed E-state index contributed by atoms with van der Waals surface area (Å²) in [6, 6.07) is 28.1. The van der Waals surface area contributed by atoms with Gasteiger partial charge >= 0.3 is 0 Å². The Balaban J connectivity index is 1.78. The summed E-state index contributed by atoms with van der Waals surface area (Å²) in [4.78, 5) is 0. The first-order valence-electron chi connectivity index (χ1n) is 9.13. The third kappa shape index (κ3) is 4.60. The fourth-order valence-electron chi connectivity index (χ4n) is 3.02. The van der Waals surface area contributed by atoms with Gasteiger partial charge in [-0.1, -0.05) is 98.8 Å². The van der Waals surface area contributed by atoms with Crippen LogP contribution in [0.1, 0.15) is 54.2 Å².